The summed E-state index contributed by atoms with van der Waals surface area (Å²) in [5.41, 5.74) is 5.00. The Morgan fingerprint density at radius 3 is 2.64 bits per heavy atom. The van der Waals surface area contributed by atoms with E-state index in [1.807, 2.05) is 42.3 Å². The van der Waals surface area contributed by atoms with Crippen molar-refractivity contribution < 1.29 is 9.47 Å². The first kappa shape index (κ1) is 23.9. The molecule has 1 aliphatic carbocycles. The maximum atomic E-state index is 5.83. The second-order valence-electron chi connectivity index (χ2n) is 10.5. The number of fused-ring (bicyclic) bond motifs is 4. The van der Waals surface area contributed by atoms with Crippen LogP contribution in [0.4, 0.5) is 5.82 Å². The zero-order chi connectivity index (χ0) is 26.3. The summed E-state index contributed by atoms with van der Waals surface area (Å²) in [5, 5.41) is 16.5. The molecule has 1 aliphatic heterocycles. The first-order chi connectivity index (χ1) is 19.2. The Kier molecular flexibility index (Phi) is 6.04. The van der Waals surface area contributed by atoms with Crippen LogP contribution in [0.15, 0.2) is 55.1 Å². The molecule has 3 atom stereocenters. The summed E-state index contributed by atoms with van der Waals surface area (Å²) in [7, 11) is 1.64. The number of methoxy groups -OCH3 is 1. The third-order valence-corrected chi connectivity index (χ3v) is 8.15. The Hall–Kier alpha value is -4.18. The van der Waals surface area contributed by atoms with Gasteiger partial charge >= 0.3 is 0 Å². The summed E-state index contributed by atoms with van der Waals surface area (Å²) in [6, 6.07) is 10.9. The fraction of sp³-hybridized carbons (Fsp3) is 0.379. The number of hydrogen-bond donors (Lipinski definition) is 2. The van der Waals surface area contributed by atoms with Crippen LogP contribution in [0.3, 0.4) is 0 Å². The van der Waals surface area contributed by atoms with Gasteiger partial charge in [-0.25, -0.2) is 14.5 Å². The van der Waals surface area contributed by atoms with Crippen molar-refractivity contribution >= 4 is 22.4 Å². The lowest BCUT2D eigenvalue weighted by atomic mass is 10.0. The number of ether oxygens (including phenoxy) is 2. The second kappa shape index (κ2) is 9.85. The van der Waals surface area contributed by atoms with Crippen LogP contribution >= 0.6 is 0 Å². The molecule has 2 aliphatic rings. The maximum Gasteiger partial charge on any atom is 0.212 e. The molecule has 200 valence electrons. The summed E-state index contributed by atoms with van der Waals surface area (Å²) >= 11 is 0. The first-order valence-corrected chi connectivity index (χ1v) is 13.6. The number of hydrogen-bond acceptors (Lipinski definition) is 8. The van der Waals surface area contributed by atoms with Gasteiger partial charge in [-0.15, -0.1) is 5.10 Å². The van der Waals surface area contributed by atoms with E-state index in [0.717, 1.165) is 58.9 Å². The van der Waals surface area contributed by atoms with Crippen molar-refractivity contribution in [2.45, 2.75) is 32.4 Å². The van der Waals surface area contributed by atoms with Gasteiger partial charge in [-0.05, 0) is 55.4 Å². The van der Waals surface area contributed by atoms with Crippen LogP contribution in [0.1, 0.15) is 25.3 Å². The van der Waals surface area contributed by atoms with Gasteiger partial charge in [0, 0.05) is 55.3 Å². The molecule has 2 unspecified atom stereocenters. The van der Waals surface area contributed by atoms with Gasteiger partial charge in [0.15, 0.2) is 5.65 Å². The predicted octanol–water partition coefficient (Wildman–Crippen LogP) is 4.08. The normalized spacial score (nSPS) is 20.7. The number of H-pyrrole nitrogens is 1. The van der Waals surface area contributed by atoms with Gasteiger partial charge in [-0.1, -0.05) is 6.07 Å². The molecule has 5 aromatic heterocycles. The van der Waals surface area contributed by atoms with E-state index >= 15 is 0 Å². The van der Waals surface area contributed by atoms with Crippen molar-refractivity contribution in [2.24, 2.45) is 11.8 Å². The fourth-order valence-electron chi connectivity index (χ4n) is 6.29. The monoisotopic (exact) mass is 524 g/mol. The van der Waals surface area contributed by atoms with Crippen LogP contribution in [0, 0.1) is 11.8 Å². The van der Waals surface area contributed by atoms with E-state index in [9.17, 15) is 0 Å². The highest BCUT2D eigenvalue weighted by Crippen LogP contribution is 2.40. The Bertz CT molecular complexity index is 1580. The van der Waals surface area contributed by atoms with E-state index in [0.29, 0.717) is 30.4 Å². The number of pyridine rings is 3. The average Bonchev–Trinajstić information content (AvgIpc) is 3.73. The SMILES string of the molecule is CCOc1cc(-c2ccc(N3CC4CC(NCc5ccc(OC)nc5)C[C@H]4C3)nc2)c2c3cn[nH]c3nn2c1. The van der Waals surface area contributed by atoms with Gasteiger partial charge in [-0.2, -0.15) is 5.10 Å². The standard InChI is InChI=1S/C29H32N8O2/c1-3-39-23-10-24(28-25-14-33-34-29(25)35-37(28)17-23)19-5-6-26(31-13-19)36-15-20-8-22(9-21(20)16-36)30-11-18-4-7-27(38-2)32-12-18/h4-7,10,12-14,17,20-22,30H,3,8-9,11,15-16H2,1-2H3,(H,34,35)/t20-,21?,22?/m0/s1. The minimum Gasteiger partial charge on any atom is -0.492 e. The highest BCUT2D eigenvalue weighted by molar-refractivity contribution is 6.00. The number of aromatic nitrogens is 6. The lowest BCUT2D eigenvalue weighted by Crippen LogP contribution is -2.30. The Morgan fingerprint density at radius 1 is 1.05 bits per heavy atom. The third kappa shape index (κ3) is 4.44. The van der Waals surface area contributed by atoms with E-state index in [1.54, 1.807) is 7.11 Å². The second-order valence-corrected chi connectivity index (χ2v) is 10.5. The van der Waals surface area contributed by atoms with Crippen molar-refractivity contribution in [3.05, 3.63) is 60.7 Å². The number of nitrogens with zero attached hydrogens (tertiary/aromatic N) is 6. The number of rotatable bonds is 8. The van der Waals surface area contributed by atoms with Crippen LogP contribution in [0.25, 0.3) is 27.7 Å². The number of nitrogens with one attached hydrogen (secondary N) is 2. The van der Waals surface area contributed by atoms with E-state index < -0.39 is 0 Å². The van der Waals surface area contributed by atoms with Gasteiger partial charge in [0.25, 0.3) is 0 Å². The van der Waals surface area contributed by atoms with Gasteiger partial charge in [-0.3, -0.25) is 5.10 Å². The molecular formula is C29H32N8O2. The van der Waals surface area contributed by atoms with Gasteiger partial charge in [0.05, 0.1) is 37.0 Å². The van der Waals surface area contributed by atoms with Crippen LogP contribution in [-0.2, 0) is 6.54 Å². The minimum absolute atomic E-state index is 0.551. The predicted molar refractivity (Wildman–Crippen MR) is 149 cm³/mol. The molecule has 0 spiro atoms. The molecule has 10 nitrogen and oxygen atoms in total. The molecule has 1 saturated carbocycles. The lowest BCUT2D eigenvalue weighted by molar-refractivity contribution is 0.338. The molecule has 2 N–H and O–H groups in total. The molecule has 0 radical (unpaired) electrons. The summed E-state index contributed by atoms with van der Waals surface area (Å²) in [6.07, 6.45) is 10.0. The van der Waals surface area contributed by atoms with E-state index in [-0.39, 0.29) is 0 Å². The van der Waals surface area contributed by atoms with Crippen LogP contribution in [-0.4, -0.2) is 62.6 Å². The Labute approximate surface area is 226 Å². The smallest absolute Gasteiger partial charge is 0.212 e. The van der Waals surface area contributed by atoms with Crippen molar-refractivity contribution in [2.75, 3.05) is 31.7 Å². The van der Waals surface area contributed by atoms with Crippen LogP contribution in [0.5, 0.6) is 11.6 Å². The average molecular weight is 525 g/mol. The molecule has 39 heavy (non-hydrogen) atoms. The van der Waals surface area contributed by atoms with E-state index in [2.05, 4.69) is 54.8 Å². The largest absolute Gasteiger partial charge is 0.492 e. The summed E-state index contributed by atoms with van der Waals surface area (Å²) in [4.78, 5) is 11.7. The van der Waals surface area contributed by atoms with E-state index in [1.165, 1.54) is 18.4 Å². The molecule has 7 rings (SSSR count). The topological polar surface area (TPSA) is 105 Å². The molecule has 5 aromatic rings. The fourth-order valence-corrected chi connectivity index (χ4v) is 6.29. The number of anilines is 1. The molecule has 10 heteroatoms. The molecule has 0 aromatic carbocycles. The zero-order valence-electron chi connectivity index (χ0n) is 22.2. The van der Waals surface area contributed by atoms with Gasteiger partial charge in [0.2, 0.25) is 5.88 Å². The van der Waals surface area contributed by atoms with Gasteiger partial charge in [0.1, 0.15) is 11.6 Å². The number of aromatic amines is 1. The Balaban J connectivity index is 1.03. The summed E-state index contributed by atoms with van der Waals surface area (Å²) in [6.45, 7) is 5.53. The van der Waals surface area contributed by atoms with E-state index in [4.69, 9.17) is 14.5 Å². The molecular weight excluding hydrogens is 492 g/mol. The highest BCUT2D eigenvalue weighted by Gasteiger charge is 2.41. The summed E-state index contributed by atoms with van der Waals surface area (Å²) < 4.78 is 12.9. The lowest BCUT2D eigenvalue weighted by Gasteiger charge is -2.21. The highest BCUT2D eigenvalue weighted by atomic mass is 16.5. The molecule has 6 heterocycles. The van der Waals surface area contributed by atoms with Crippen LogP contribution in [0.2, 0.25) is 0 Å². The summed E-state index contributed by atoms with van der Waals surface area (Å²) in [5.74, 6) is 3.87. The minimum atomic E-state index is 0.551. The van der Waals surface area contributed by atoms with Crippen molar-refractivity contribution in [1.82, 2.24) is 35.1 Å². The molecule has 2 fully saturated rings. The molecule has 0 amide bonds. The van der Waals surface area contributed by atoms with Crippen molar-refractivity contribution in [3.63, 3.8) is 0 Å². The van der Waals surface area contributed by atoms with Crippen molar-refractivity contribution in [3.8, 4) is 22.8 Å². The maximum absolute atomic E-state index is 5.83. The van der Waals surface area contributed by atoms with Crippen molar-refractivity contribution in [1.29, 1.82) is 0 Å². The Morgan fingerprint density at radius 2 is 1.92 bits per heavy atom. The van der Waals surface area contributed by atoms with Crippen LogP contribution < -0.4 is 19.7 Å². The first-order valence-electron chi connectivity index (χ1n) is 13.6. The molecule has 1 saturated heterocycles. The molecule has 0 bridgehead atoms. The zero-order valence-corrected chi connectivity index (χ0v) is 22.2. The quantitative estimate of drug-likeness (QED) is 0.313. The van der Waals surface area contributed by atoms with Gasteiger partial charge < -0.3 is 19.7 Å². The third-order valence-electron chi connectivity index (χ3n) is 8.15.